The van der Waals surface area contributed by atoms with Gasteiger partial charge in [-0.2, -0.15) is 0 Å². The van der Waals surface area contributed by atoms with Crippen molar-refractivity contribution in [1.82, 2.24) is 4.98 Å². The Bertz CT molecular complexity index is 519. The second-order valence-corrected chi connectivity index (χ2v) is 4.63. The van der Waals surface area contributed by atoms with E-state index in [2.05, 4.69) is 24.0 Å². The van der Waals surface area contributed by atoms with Crippen molar-refractivity contribution in [2.24, 2.45) is 0 Å². The van der Waals surface area contributed by atoms with Crippen LogP contribution in [0.3, 0.4) is 0 Å². The van der Waals surface area contributed by atoms with Crippen LogP contribution in [0.1, 0.15) is 37.4 Å². The number of aryl methyl sites for hydroxylation is 1. The van der Waals surface area contributed by atoms with Gasteiger partial charge >= 0.3 is 0 Å². The lowest BCUT2D eigenvalue weighted by Gasteiger charge is -2.20. The number of benzene rings is 1. The average molecular weight is 229 g/mol. The lowest BCUT2D eigenvalue weighted by Crippen LogP contribution is -2.14. The summed E-state index contributed by atoms with van der Waals surface area (Å²) in [6, 6.07) is 10.2. The average Bonchev–Trinajstić information content (AvgIpc) is 2.29. The standard InChI is InChI=1S/C15H19NO/c1-4-12(11(3)17)14-9-10(2)16-15-8-6-5-7-13(14)15/h5-9,11-12,17H,4H2,1-3H3. The molecule has 2 heteroatoms. The van der Waals surface area contributed by atoms with Gasteiger partial charge in [0.2, 0.25) is 0 Å². The molecule has 1 N–H and O–H groups in total. The smallest absolute Gasteiger partial charge is 0.0708 e. The molecule has 0 aliphatic heterocycles. The first kappa shape index (κ1) is 12.1. The summed E-state index contributed by atoms with van der Waals surface area (Å²) in [6.45, 7) is 5.98. The van der Waals surface area contributed by atoms with Crippen molar-refractivity contribution in [3.8, 4) is 0 Å². The second-order valence-electron chi connectivity index (χ2n) is 4.63. The van der Waals surface area contributed by atoms with Crippen molar-refractivity contribution in [3.63, 3.8) is 0 Å². The van der Waals surface area contributed by atoms with E-state index in [0.29, 0.717) is 0 Å². The molecular weight excluding hydrogens is 210 g/mol. The van der Waals surface area contributed by atoms with E-state index in [4.69, 9.17) is 0 Å². The fraction of sp³-hybridized carbons (Fsp3) is 0.400. The normalized spacial score (nSPS) is 14.8. The van der Waals surface area contributed by atoms with Crippen molar-refractivity contribution in [1.29, 1.82) is 0 Å². The van der Waals surface area contributed by atoms with E-state index in [1.165, 1.54) is 5.56 Å². The highest BCUT2D eigenvalue weighted by Crippen LogP contribution is 2.30. The zero-order valence-corrected chi connectivity index (χ0v) is 10.6. The van der Waals surface area contributed by atoms with E-state index in [1.54, 1.807) is 0 Å². The van der Waals surface area contributed by atoms with E-state index < -0.39 is 0 Å². The Labute approximate surface area is 102 Å². The molecule has 0 radical (unpaired) electrons. The number of fused-ring (bicyclic) bond motifs is 1. The maximum atomic E-state index is 9.90. The van der Waals surface area contributed by atoms with Gasteiger partial charge < -0.3 is 5.11 Å². The summed E-state index contributed by atoms with van der Waals surface area (Å²) in [7, 11) is 0. The van der Waals surface area contributed by atoms with Gasteiger partial charge in [0, 0.05) is 17.0 Å². The highest BCUT2D eigenvalue weighted by Gasteiger charge is 2.18. The lowest BCUT2D eigenvalue weighted by molar-refractivity contribution is 0.160. The first-order valence-electron chi connectivity index (χ1n) is 6.17. The van der Waals surface area contributed by atoms with Crippen molar-refractivity contribution >= 4 is 10.9 Å². The van der Waals surface area contributed by atoms with Crippen molar-refractivity contribution < 1.29 is 5.11 Å². The molecular formula is C15H19NO. The van der Waals surface area contributed by atoms with E-state index >= 15 is 0 Å². The molecule has 0 fully saturated rings. The summed E-state index contributed by atoms with van der Waals surface area (Å²) in [4.78, 5) is 4.53. The number of hydrogen-bond donors (Lipinski definition) is 1. The van der Waals surface area contributed by atoms with Gasteiger partial charge in [-0.1, -0.05) is 25.1 Å². The van der Waals surface area contributed by atoms with E-state index in [-0.39, 0.29) is 12.0 Å². The molecule has 2 atom stereocenters. The maximum absolute atomic E-state index is 9.90. The minimum atomic E-state index is -0.329. The third-order valence-electron chi connectivity index (χ3n) is 3.30. The first-order chi connectivity index (χ1) is 8.13. The summed E-state index contributed by atoms with van der Waals surface area (Å²) in [6.07, 6.45) is 0.607. The quantitative estimate of drug-likeness (QED) is 0.874. The van der Waals surface area contributed by atoms with Gasteiger partial charge in [0.15, 0.2) is 0 Å². The molecule has 0 saturated carbocycles. The van der Waals surface area contributed by atoms with Gasteiger partial charge in [0.05, 0.1) is 11.6 Å². The predicted molar refractivity (Wildman–Crippen MR) is 71.2 cm³/mol. The maximum Gasteiger partial charge on any atom is 0.0708 e. The van der Waals surface area contributed by atoms with Crippen LogP contribution < -0.4 is 0 Å². The van der Waals surface area contributed by atoms with Crippen molar-refractivity contribution in [3.05, 3.63) is 41.6 Å². The molecule has 2 rings (SSSR count). The molecule has 2 aromatic rings. The van der Waals surface area contributed by atoms with Crippen molar-refractivity contribution in [2.45, 2.75) is 39.2 Å². The molecule has 0 spiro atoms. The number of aliphatic hydroxyl groups excluding tert-OH is 1. The third-order valence-corrected chi connectivity index (χ3v) is 3.30. The molecule has 0 aliphatic rings. The molecule has 0 saturated heterocycles. The molecule has 1 aromatic heterocycles. The fourth-order valence-electron chi connectivity index (χ4n) is 2.47. The molecule has 1 heterocycles. The van der Waals surface area contributed by atoms with E-state index in [1.807, 2.05) is 32.0 Å². The van der Waals surface area contributed by atoms with Crippen LogP contribution in [-0.4, -0.2) is 16.2 Å². The van der Waals surface area contributed by atoms with Gasteiger partial charge in [-0.25, -0.2) is 0 Å². The Hall–Kier alpha value is -1.41. The van der Waals surface area contributed by atoms with E-state index in [0.717, 1.165) is 23.0 Å². The highest BCUT2D eigenvalue weighted by atomic mass is 16.3. The number of rotatable bonds is 3. The van der Waals surface area contributed by atoms with Crippen LogP contribution in [0.25, 0.3) is 10.9 Å². The summed E-state index contributed by atoms with van der Waals surface area (Å²) in [5.41, 5.74) is 3.24. The Balaban J connectivity index is 2.66. The summed E-state index contributed by atoms with van der Waals surface area (Å²) >= 11 is 0. The minimum absolute atomic E-state index is 0.182. The van der Waals surface area contributed by atoms with Gasteiger partial charge in [-0.3, -0.25) is 4.98 Å². The number of para-hydroxylation sites is 1. The molecule has 1 aromatic carbocycles. The molecule has 0 amide bonds. The van der Waals surface area contributed by atoms with Crippen LogP contribution in [0.4, 0.5) is 0 Å². The molecule has 90 valence electrons. The fourth-order valence-corrected chi connectivity index (χ4v) is 2.47. The molecule has 0 bridgehead atoms. The topological polar surface area (TPSA) is 33.1 Å². The lowest BCUT2D eigenvalue weighted by atomic mass is 9.89. The number of aromatic nitrogens is 1. The van der Waals surface area contributed by atoms with Gasteiger partial charge in [0.1, 0.15) is 0 Å². The second kappa shape index (κ2) is 4.84. The predicted octanol–water partition coefficient (Wildman–Crippen LogP) is 3.42. The Morgan fingerprint density at radius 1 is 1.29 bits per heavy atom. The summed E-state index contributed by atoms with van der Waals surface area (Å²) in [5.74, 6) is 0.182. The van der Waals surface area contributed by atoms with Crippen LogP contribution in [0.15, 0.2) is 30.3 Å². The molecule has 17 heavy (non-hydrogen) atoms. The molecule has 0 aliphatic carbocycles. The van der Waals surface area contributed by atoms with Crippen LogP contribution >= 0.6 is 0 Å². The third kappa shape index (κ3) is 2.32. The van der Waals surface area contributed by atoms with E-state index in [9.17, 15) is 5.11 Å². The van der Waals surface area contributed by atoms with Crippen molar-refractivity contribution in [2.75, 3.05) is 0 Å². The summed E-state index contributed by atoms with van der Waals surface area (Å²) < 4.78 is 0. The number of aliphatic hydroxyl groups is 1. The minimum Gasteiger partial charge on any atom is -0.393 e. The number of hydrogen-bond acceptors (Lipinski definition) is 2. The highest BCUT2D eigenvalue weighted by molar-refractivity contribution is 5.83. The van der Waals surface area contributed by atoms with Crippen LogP contribution in [0.5, 0.6) is 0 Å². The van der Waals surface area contributed by atoms with Gasteiger partial charge in [-0.05, 0) is 38.0 Å². The monoisotopic (exact) mass is 229 g/mol. The zero-order chi connectivity index (χ0) is 12.4. The number of pyridine rings is 1. The van der Waals surface area contributed by atoms with Gasteiger partial charge in [-0.15, -0.1) is 0 Å². The summed E-state index contributed by atoms with van der Waals surface area (Å²) in [5, 5.41) is 11.1. The van der Waals surface area contributed by atoms with Crippen LogP contribution in [0, 0.1) is 6.92 Å². The largest absolute Gasteiger partial charge is 0.393 e. The Morgan fingerprint density at radius 2 is 2.00 bits per heavy atom. The van der Waals surface area contributed by atoms with Crippen LogP contribution in [-0.2, 0) is 0 Å². The first-order valence-corrected chi connectivity index (χ1v) is 6.17. The molecule has 2 nitrogen and oxygen atoms in total. The Morgan fingerprint density at radius 3 is 2.65 bits per heavy atom. The Kier molecular flexibility index (Phi) is 3.43. The molecule has 2 unspecified atom stereocenters. The zero-order valence-electron chi connectivity index (χ0n) is 10.6. The number of nitrogens with zero attached hydrogens (tertiary/aromatic N) is 1. The van der Waals surface area contributed by atoms with Crippen LogP contribution in [0.2, 0.25) is 0 Å². The SMILES string of the molecule is CCC(c1cc(C)nc2ccccc12)C(C)O. The van der Waals surface area contributed by atoms with Gasteiger partial charge in [0.25, 0.3) is 0 Å².